The number of nitrogens with zero attached hydrogens (tertiary/aromatic N) is 2. The number of anilines is 2. The number of benzene rings is 1. The molecule has 0 bridgehead atoms. The Bertz CT molecular complexity index is 754. The number of ether oxygens (including phenoxy) is 1. The van der Waals surface area contributed by atoms with Gasteiger partial charge in [0.1, 0.15) is 17.8 Å². The molecule has 0 saturated carbocycles. The summed E-state index contributed by atoms with van der Waals surface area (Å²) < 4.78 is 5.85. The lowest BCUT2D eigenvalue weighted by atomic mass is 9.79. The Morgan fingerprint density at radius 2 is 1.69 bits per heavy atom. The van der Waals surface area contributed by atoms with Crippen molar-refractivity contribution >= 4 is 11.5 Å². The first kappa shape index (κ1) is 18.5. The van der Waals surface area contributed by atoms with Crippen molar-refractivity contribution in [3.63, 3.8) is 0 Å². The lowest BCUT2D eigenvalue weighted by Crippen LogP contribution is -2.60. The minimum atomic E-state index is 0.0441. The number of nitrogens with one attached hydrogen (secondary N) is 2. The first-order valence-corrected chi connectivity index (χ1v) is 9.04. The molecule has 1 saturated heterocycles. The highest BCUT2D eigenvalue weighted by molar-refractivity contribution is 5.67. The third-order valence-corrected chi connectivity index (χ3v) is 4.61. The predicted octanol–water partition coefficient (Wildman–Crippen LogP) is 3.88. The van der Waals surface area contributed by atoms with Crippen LogP contribution in [-0.4, -0.2) is 27.1 Å². The van der Waals surface area contributed by atoms with Gasteiger partial charge in [0.15, 0.2) is 5.82 Å². The van der Waals surface area contributed by atoms with E-state index in [2.05, 4.69) is 48.3 Å². The van der Waals surface area contributed by atoms with Crippen LogP contribution in [0.5, 0.6) is 11.6 Å². The number of hydrogen-bond acceptors (Lipinski definition) is 6. The maximum Gasteiger partial charge on any atom is 0.248 e. The zero-order valence-corrected chi connectivity index (χ0v) is 16.3. The second kappa shape index (κ2) is 6.76. The molecule has 0 unspecified atom stereocenters. The van der Waals surface area contributed by atoms with E-state index in [1.165, 1.54) is 11.9 Å². The second-order valence-electron chi connectivity index (χ2n) is 8.50. The predicted molar refractivity (Wildman–Crippen MR) is 106 cm³/mol. The Morgan fingerprint density at radius 1 is 1.08 bits per heavy atom. The van der Waals surface area contributed by atoms with E-state index in [1.807, 2.05) is 31.2 Å². The second-order valence-corrected chi connectivity index (χ2v) is 8.50. The minimum Gasteiger partial charge on any atom is -0.437 e. The maximum absolute atomic E-state index is 6.29. The van der Waals surface area contributed by atoms with Crippen molar-refractivity contribution in [3.8, 4) is 11.6 Å². The molecule has 1 fully saturated rings. The lowest BCUT2D eigenvalue weighted by molar-refractivity contribution is 0.170. The van der Waals surface area contributed by atoms with Crippen molar-refractivity contribution in [2.24, 2.45) is 0 Å². The Balaban J connectivity index is 1.77. The highest BCUT2D eigenvalue weighted by atomic mass is 16.5. The molecule has 1 aromatic heterocycles. The Labute approximate surface area is 155 Å². The largest absolute Gasteiger partial charge is 0.437 e. The summed E-state index contributed by atoms with van der Waals surface area (Å²) in [5.74, 6) is 1.70. The number of aromatic nitrogens is 2. The van der Waals surface area contributed by atoms with Crippen LogP contribution in [0, 0.1) is 6.92 Å². The minimum absolute atomic E-state index is 0.0441. The van der Waals surface area contributed by atoms with Gasteiger partial charge in [-0.2, -0.15) is 4.98 Å². The zero-order chi connectivity index (χ0) is 18.9. The smallest absolute Gasteiger partial charge is 0.248 e. The third-order valence-electron chi connectivity index (χ3n) is 4.61. The van der Waals surface area contributed by atoms with Gasteiger partial charge in [-0.25, -0.2) is 4.98 Å². The van der Waals surface area contributed by atoms with Crippen LogP contribution in [0.3, 0.4) is 0 Å². The van der Waals surface area contributed by atoms with E-state index in [1.54, 1.807) is 0 Å². The van der Waals surface area contributed by atoms with E-state index in [-0.39, 0.29) is 17.1 Å². The topological polar surface area (TPSA) is 85.1 Å². The van der Waals surface area contributed by atoms with Gasteiger partial charge >= 0.3 is 0 Å². The lowest BCUT2D eigenvalue weighted by Gasteiger charge is -2.46. The summed E-state index contributed by atoms with van der Waals surface area (Å²) in [5, 5.41) is 7.18. The molecule has 6 heteroatoms. The molecular formula is C20H29N5O. The van der Waals surface area contributed by atoms with E-state index in [0.29, 0.717) is 23.1 Å². The van der Waals surface area contributed by atoms with Gasteiger partial charge in [-0.15, -0.1) is 0 Å². The van der Waals surface area contributed by atoms with Crippen molar-refractivity contribution in [3.05, 3.63) is 36.2 Å². The number of hydrogen-bond donors (Lipinski definition) is 3. The normalized spacial score (nSPS) is 19.1. The fourth-order valence-electron chi connectivity index (χ4n) is 3.91. The van der Waals surface area contributed by atoms with Crippen LogP contribution in [0.2, 0.25) is 0 Å². The van der Waals surface area contributed by atoms with Gasteiger partial charge in [-0.1, -0.05) is 17.7 Å². The number of nitrogens with two attached hydrogens (primary N) is 1. The molecule has 2 aromatic rings. The van der Waals surface area contributed by atoms with E-state index in [9.17, 15) is 0 Å². The van der Waals surface area contributed by atoms with E-state index >= 15 is 0 Å². The summed E-state index contributed by atoms with van der Waals surface area (Å²) in [6.45, 7) is 10.9. The molecular weight excluding hydrogens is 326 g/mol. The molecule has 0 aliphatic carbocycles. The first-order chi connectivity index (χ1) is 12.1. The molecule has 1 aliphatic heterocycles. The van der Waals surface area contributed by atoms with Crippen molar-refractivity contribution in [1.82, 2.24) is 15.3 Å². The number of rotatable bonds is 4. The number of aryl methyl sites for hydroxylation is 1. The molecule has 4 N–H and O–H groups in total. The Kier molecular flexibility index (Phi) is 4.80. The summed E-state index contributed by atoms with van der Waals surface area (Å²) in [4.78, 5) is 8.53. The van der Waals surface area contributed by atoms with Gasteiger partial charge in [0.2, 0.25) is 5.88 Å². The molecule has 2 heterocycles. The molecule has 1 aromatic carbocycles. The average molecular weight is 355 g/mol. The third kappa shape index (κ3) is 4.43. The standard InChI is InChI=1S/C20H29N5O/c1-13-6-8-15(9-7-13)26-18-16(21)17(22-12-23-18)24-14-10-19(2,3)25-20(4,5)11-14/h6-9,12,14,25H,10-11,21H2,1-5H3,(H,22,23,24). The van der Waals surface area contributed by atoms with Gasteiger partial charge in [-0.3, -0.25) is 0 Å². The molecule has 1 aliphatic rings. The van der Waals surface area contributed by atoms with Gasteiger partial charge in [0, 0.05) is 17.1 Å². The van der Waals surface area contributed by atoms with Crippen LogP contribution in [0.25, 0.3) is 0 Å². The molecule has 0 atom stereocenters. The van der Waals surface area contributed by atoms with Crippen LogP contribution >= 0.6 is 0 Å². The fraction of sp³-hybridized carbons (Fsp3) is 0.500. The molecule has 3 rings (SSSR count). The Morgan fingerprint density at radius 3 is 2.31 bits per heavy atom. The molecule has 6 nitrogen and oxygen atoms in total. The molecule has 26 heavy (non-hydrogen) atoms. The molecule has 140 valence electrons. The van der Waals surface area contributed by atoms with Crippen molar-refractivity contribution in [1.29, 1.82) is 0 Å². The number of nitrogen functional groups attached to an aromatic ring is 1. The summed E-state index contributed by atoms with van der Waals surface area (Å²) in [6, 6.07) is 8.06. The molecule has 0 amide bonds. The fourth-order valence-corrected chi connectivity index (χ4v) is 3.91. The van der Waals surface area contributed by atoms with Crippen molar-refractivity contribution in [2.45, 2.75) is 64.6 Å². The van der Waals surface area contributed by atoms with Gasteiger partial charge in [0.05, 0.1) is 0 Å². The SMILES string of the molecule is Cc1ccc(Oc2ncnc(NC3CC(C)(C)NC(C)(C)C3)c2N)cc1. The van der Waals surface area contributed by atoms with Gasteiger partial charge in [0.25, 0.3) is 0 Å². The van der Waals surface area contributed by atoms with Crippen molar-refractivity contribution < 1.29 is 4.74 Å². The molecule has 0 spiro atoms. The summed E-state index contributed by atoms with van der Waals surface area (Å²) >= 11 is 0. The summed E-state index contributed by atoms with van der Waals surface area (Å²) in [6.07, 6.45) is 3.45. The van der Waals surface area contributed by atoms with Crippen LogP contribution in [-0.2, 0) is 0 Å². The van der Waals surface area contributed by atoms with Crippen LogP contribution in [0.1, 0.15) is 46.1 Å². The first-order valence-electron chi connectivity index (χ1n) is 9.04. The van der Waals surface area contributed by atoms with E-state index in [0.717, 1.165) is 12.8 Å². The highest BCUT2D eigenvalue weighted by Gasteiger charge is 2.38. The van der Waals surface area contributed by atoms with Gasteiger partial charge < -0.3 is 21.1 Å². The molecule has 0 radical (unpaired) electrons. The quantitative estimate of drug-likeness (QED) is 0.772. The number of piperidine rings is 1. The van der Waals surface area contributed by atoms with Crippen LogP contribution in [0.4, 0.5) is 11.5 Å². The Hall–Kier alpha value is -2.34. The van der Waals surface area contributed by atoms with E-state index in [4.69, 9.17) is 10.5 Å². The van der Waals surface area contributed by atoms with E-state index < -0.39 is 0 Å². The summed E-state index contributed by atoms with van der Waals surface area (Å²) in [5.41, 5.74) is 7.98. The monoisotopic (exact) mass is 355 g/mol. The van der Waals surface area contributed by atoms with Crippen molar-refractivity contribution in [2.75, 3.05) is 11.1 Å². The maximum atomic E-state index is 6.29. The zero-order valence-electron chi connectivity index (χ0n) is 16.3. The van der Waals surface area contributed by atoms with Crippen LogP contribution in [0.15, 0.2) is 30.6 Å². The van der Waals surface area contributed by atoms with Crippen LogP contribution < -0.4 is 21.1 Å². The van der Waals surface area contributed by atoms with Gasteiger partial charge in [-0.05, 0) is 59.6 Å². The summed E-state index contributed by atoms with van der Waals surface area (Å²) in [7, 11) is 0. The average Bonchev–Trinajstić information content (AvgIpc) is 2.50. The highest BCUT2D eigenvalue weighted by Crippen LogP contribution is 2.34.